The number of rotatable bonds is 3. The summed E-state index contributed by atoms with van der Waals surface area (Å²) < 4.78 is 7.17. The van der Waals surface area contributed by atoms with E-state index < -0.39 is 0 Å². The maximum absolute atomic E-state index is 6.28. The van der Waals surface area contributed by atoms with Gasteiger partial charge in [-0.15, -0.1) is 0 Å². The van der Waals surface area contributed by atoms with Gasteiger partial charge in [0.2, 0.25) is 0 Å². The predicted octanol–water partition coefficient (Wildman–Crippen LogP) is 2.34. The second kappa shape index (κ2) is 4.36. The monoisotopic (exact) mass is 238 g/mol. The first-order valence-electron chi connectivity index (χ1n) is 5.20. The Hall–Kier alpha value is -1.19. The highest BCUT2D eigenvalue weighted by Crippen LogP contribution is 2.31. The zero-order valence-electron chi connectivity index (χ0n) is 9.46. The van der Waals surface area contributed by atoms with Crippen LogP contribution in [0.3, 0.4) is 0 Å². The molecule has 1 aromatic carbocycles. The molecule has 0 aliphatic rings. The second-order valence-corrected chi connectivity index (χ2v) is 4.11. The van der Waals surface area contributed by atoms with Gasteiger partial charge in [-0.05, 0) is 30.7 Å². The van der Waals surface area contributed by atoms with Gasteiger partial charge in [0.15, 0.2) is 0 Å². The molecule has 0 saturated carbocycles. The maximum Gasteiger partial charge on any atom is 0.120 e. The van der Waals surface area contributed by atoms with E-state index in [1.165, 1.54) is 0 Å². The number of halogens is 1. The summed E-state index contributed by atoms with van der Waals surface area (Å²) >= 11 is 6.28. The van der Waals surface area contributed by atoms with Gasteiger partial charge >= 0.3 is 0 Å². The Bertz CT molecular complexity index is 519. The number of hydrogen-bond donors (Lipinski definition) is 1. The average molecular weight is 239 g/mol. The quantitative estimate of drug-likeness (QED) is 0.892. The average Bonchev–Trinajstić information content (AvgIpc) is 2.54. The Morgan fingerprint density at radius 1 is 1.44 bits per heavy atom. The van der Waals surface area contributed by atoms with Crippen molar-refractivity contribution in [3.8, 4) is 5.75 Å². The fraction of sp³-hybridized carbons (Fsp3) is 0.333. The Labute approximate surface area is 99.7 Å². The number of nitrogens with zero attached hydrogens (tertiary/aromatic N) is 1. The molecular formula is C12H15ClN2O. The summed E-state index contributed by atoms with van der Waals surface area (Å²) in [5.74, 6) is 0.837. The highest BCUT2D eigenvalue weighted by Gasteiger charge is 2.13. The maximum atomic E-state index is 6.28. The minimum absolute atomic E-state index is 0.602. The molecule has 0 atom stereocenters. The summed E-state index contributed by atoms with van der Waals surface area (Å²) in [6.07, 6.45) is 0.794. The summed E-state index contributed by atoms with van der Waals surface area (Å²) in [4.78, 5) is 0. The van der Waals surface area contributed by atoms with E-state index in [0.717, 1.165) is 33.8 Å². The van der Waals surface area contributed by atoms with E-state index in [4.69, 9.17) is 22.1 Å². The molecule has 1 aromatic heterocycles. The van der Waals surface area contributed by atoms with Gasteiger partial charge in [-0.2, -0.15) is 0 Å². The minimum Gasteiger partial charge on any atom is -0.497 e. The third-order valence-corrected chi connectivity index (χ3v) is 3.31. The molecule has 16 heavy (non-hydrogen) atoms. The standard InChI is InChI=1S/C12H15ClN2O/c1-15-11-7-8(16-2)3-4-9(11)10(5-6-14)12(15)13/h3-4,7H,5-6,14H2,1-2H3. The van der Waals surface area contributed by atoms with Crippen molar-refractivity contribution in [1.82, 2.24) is 4.57 Å². The lowest BCUT2D eigenvalue weighted by atomic mass is 10.1. The lowest BCUT2D eigenvalue weighted by Gasteiger charge is -2.01. The van der Waals surface area contributed by atoms with Gasteiger partial charge < -0.3 is 15.0 Å². The van der Waals surface area contributed by atoms with E-state index in [1.54, 1.807) is 7.11 Å². The highest BCUT2D eigenvalue weighted by atomic mass is 35.5. The Morgan fingerprint density at radius 2 is 2.19 bits per heavy atom. The van der Waals surface area contributed by atoms with Crippen molar-refractivity contribution in [3.05, 3.63) is 28.9 Å². The van der Waals surface area contributed by atoms with Crippen LogP contribution in [0.15, 0.2) is 18.2 Å². The van der Waals surface area contributed by atoms with E-state index in [-0.39, 0.29) is 0 Å². The van der Waals surface area contributed by atoms with Gasteiger partial charge in [-0.3, -0.25) is 0 Å². The summed E-state index contributed by atoms with van der Waals surface area (Å²) in [6, 6.07) is 5.96. The number of ether oxygens (including phenoxy) is 1. The molecule has 0 unspecified atom stereocenters. The van der Waals surface area contributed by atoms with Crippen LogP contribution in [0.4, 0.5) is 0 Å². The SMILES string of the molecule is COc1ccc2c(CCN)c(Cl)n(C)c2c1. The van der Waals surface area contributed by atoms with Crippen LogP contribution in [0, 0.1) is 0 Å². The number of aromatic nitrogens is 1. The molecule has 0 bridgehead atoms. The Balaban J connectivity index is 2.69. The predicted molar refractivity (Wildman–Crippen MR) is 67.2 cm³/mol. The third-order valence-electron chi connectivity index (χ3n) is 2.83. The molecule has 0 spiro atoms. The lowest BCUT2D eigenvalue weighted by molar-refractivity contribution is 0.415. The molecule has 3 nitrogen and oxygen atoms in total. The molecule has 0 radical (unpaired) electrons. The van der Waals surface area contributed by atoms with Crippen LogP contribution in [0.5, 0.6) is 5.75 Å². The molecule has 0 amide bonds. The fourth-order valence-corrected chi connectivity index (χ4v) is 2.26. The number of aryl methyl sites for hydroxylation is 1. The topological polar surface area (TPSA) is 40.2 Å². The first-order chi connectivity index (χ1) is 7.69. The van der Waals surface area contributed by atoms with Crippen LogP contribution in [-0.4, -0.2) is 18.2 Å². The van der Waals surface area contributed by atoms with Gasteiger partial charge in [0.1, 0.15) is 10.9 Å². The van der Waals surface area contributed by atoms with E-state index >= 15 is 0 Å². The van der Waals surface area contributed by atoms with E-state index in [1.807, 2.05) is 29.8 Å². The highest BCUT2D eigenvalue weighted by molar-refractivity contribution is 6.32. The molecule has 2 rings (SSSR count). The summed E-state index contributed by atoms with van der Waals surface area (Å²) in [5.41, 5.74) is 7.78. The third kappa shape index (κ3) is 1.66. The summed E-state index contributed by atoms with van der Waals surface area (Å²) in [6.45, 7) is 0.602. The summed E-state index contributed by atoms with van der Waals surface area (Å²) in [5, 5.41) is 1.91. The van der Waals surface area contributed by atoms with Gasteiger partial charge in [-0.25, -0.2) is 0 Å². The van der Waals surface area contributed by atoms with E-state index in [9.17, 15) is 0 Å². The molecular weight excluding hydrogens is 224 g/mol. The molecule has 0 aliphatic heterocycles. The van der Waals surface area contributed by atoms with Crippen LogP contribution in [0.1, 0.15) is 5.56 Å². The molecule has 86 valence electrons. The normalized spacial score (nSPS) is 11.0. The largest absolute Gasteiger partial charge is 0.497 e. The molecule has 2 aromatic rings. The first-order valence-corrected chi connectivity index (χ1v) is 5.57. The van der Waals surface area contributed by atoms with Crippen LogP contribution in [0.25, 0.3) is 10.9 Å². The smallest absolute Gasteiger partial charge is 0.120 e. The van der Waals surface area contributed by atoms with Gasteiger partial charge in [0, 0.05) is 18.5 Å². The van der Waals surface area contributed by atoms with Gasteiger partial charge in [0.05, 0.1) is 12.6 Å². The second-order valence-electron chi connectivity index (χ2n) is 3.75. The zero-order valence-corrected chi connectivity index (χ0v) is 10.2. The van der Waals surface area contributed by atoms with Crippen molar-refractivity contribution in [2.24, 2.45) is 12.8 Å². The Kier molecular flexibility index (Phi) is 3.08. The van der Waals surface area contributed by atoms with E-state index in [0.29, 0.717) is 6.54 Å². The fourth-order valence-electron chi connectivity index (χ4n) is 1.97. The number of hydrogen-bond acceptors (Lipinski definition) is 2. The number of benzene rings is 1. The van der Waals surface area contributed by atoms with Crippen LogP contribution in [-0.2, 0) is 13.5 Å². The molecule has 0 aliphatic carbocycles. The number of methoxy groups -OCH3 is 1. The van der Waals surface area contributed by atoms with Crippen molar-refractivity contribution in [2.75, 3.05) is 13.7 Å². The molecule has 2 N–H and O–H groups in total. The molecule has 4 heteroatoms. The summed E-state index contributed by atoms with van der Waals surface area (Å²) in [7, 11) is 3.61. The van der Waals surface area contributed by atoms with Crippen molar-refractivity contribution in [1.29, 1.82) is 0 Å². The Morgan fingerprint density at radius 3 is 2.81 bits per heavy atom. The van der Waals surface area contributed by atoms with Crippen molar-refractivity contribution < 1.29 is 4.74 Å². The van der Waals surface area contributed by atoms with Crippen LogP contribution >= 0.6 is 11.6 Å². The van der Waals surface area contributed by atoms with Crippen molar-refractivity contribution >= 4 is 22.5 Å². The van der Waals surface area contributed by atoms with Crippen LogP contribution < -0.4 is 10.5 Å². The van der Waals surface area contributed by atoms with Crippen molar-refractivity contribution in [2.45, 2.75) is 6.42 Å². The van der Waals surface area contributed by atoms with Gasteiger partial charge in [-0.1, -0.05) is 11.6 Å². The number of fused-ring (bicyclic) bond motifs is 1. The molecule has 0 saturated heterocycles. The molecule has 1 heterocycles. The number of nitrogens with two attached hydrogens (primary N) is 1. The van der Waals surface area contributed by atoms with Crippen LogP contribution in [0.2, 0.25) is 5.15 Å². The van der Waals surface area contributed by atoms with E-state index in [2.05, 4.69) is 0 Å². The lowest BCUT2D eigenvalue weighted by Crippen LogP contribution is -2.02. The molecule has 0 fully saturated rings. The van der Waals surface area contributed by atoms with Gasteiger partial charge in [0.25, 0.3) is 0 Å². The van der Waals surface area contributed by atoms with Crippen molar-refractivity contribution in [3.63, 3.8) is 0 Å². The minimum atomic E-state index is 0.602. The zero-order chi connectivity index (χ0) is 11.7. The first kappa shape index (κ1) is 11.3.